The summed E-state index contributed by atoms with van der Waals surface area (Å²) in [5.41, 5.74) is 0.801. The summed E-state index contributed by atoms with van der Waals surface area (Å²) in [6.07, 6.45) is 2.44. The van der Waals surface area contributed by atoms with Gasteiger partial charge in [0.15, 0.2) is 0 Å². The van der Waals surface area contributed by atoms with Gasteiger partial charge in [-0.3, -0.25) is 0 Å². The second kappa shape index (κ2) is 3.12. The van der Waals surface area contributed by atoms with E-state index in [4.69, 9.17) is 5.11 Å². The van der Waals surface area contributed by atoms with E-state index in [1.54, 1.807) is 0 Å². The molecule has 0 fully saturated rings. The van der Waals surface area contributed by atoms with E-state index in [1.165, 1.54) is 11.3 Å². The number of fused-ring (bicyclic) bond motifs is 1. The highest BCUT2D eigenvalue weighted by Gasteiger charge is 2.22. The minimum absolute atomic E-state index is 0.00954. The maximum absolute atomic E-state index is 9.53. The van der Waals surface area contributed by atoms with Crippen molar-refractivity contribution in [1.29, 1.82) is 0 Å². The molecule has 0 aromatic carbocycles. The molecule has 0 saturated heterocycles. The number of nitrogens with zero attached hydrogens (tertiary/aromatic N) is 1. The summed E-state index contributed by atoms with van der Waals surface area (Å²) in [4.78, 5) is 5.32. The van der Waals surface area contributed by atoms with Crippen LogP contribution >= 0.6 is 11.3 Å². The molecule has 1 atom stereocenters. The summed E-state index contributed by atoms with van der Waals surface area (Å²) in [7, 11) is 0. The predicted molar refractivity (Wildman–Crippen MR) is 45.9 cm³/mol. The highest BCUT2D eigenvalue weighted by atomic mass is 32.1. The SMILES string of the molecule is OCc1nc2c(s1)CCCC2O. The number of thiazole rings is 1. The summed E-state index contributed by atoms with van der Waals surface area (Å²) in [5.74, 6) is 0. The molecule has 0 spiro atoms. The zero-order chi connectivity index (χ0) is 8.55. The van der Waals surface area contributed by atoms with Crippen LogP contribution in [0.1, 0.15) is 34.5 Å². The minimum Gasteiger partial charge on any atom is -0.389 e. The first-order valence-corrected chi connectivity index (χ1v) is 4.90. The fraction of sp³-hybridized carbons (Fsp3) is 0.625. The molecule has 0 bridgehead atoms. The molecule has 66 valence electrons. The van der Waals surface area contributed by atoms with Gasteiger partial charge >= 0.3 is 0 Å². The number of aromatic nitrogens is 1. The van der Waals surface area contributed by atoms with Crippen LogP contribution in [0.5, 0.6) is 0 Å². The first kappa shape index (κ1) is 8.16. The van der Waals surface area contributed by atoms with Crippen molar-refractivity contribution in [3.05, 3.63) is 15.6 Å². The van der Waals surface area contributed by atoms with Crippen LogP contribution in [0.3, 0.4) is 0 Å². The molecule has 3 nitrogen and oxygen atoms in total. The maximum atomic E-state index is 9.53. The Labute approximate surface area is 74.7 Å². The van der Waals surface area contributed by atoms with Crippen LogP contribution in [0.25, 0.3) is 0 Å². The number of rotatable bonds is 1. The van der Waals surface area contributed by atoms with Crippen LogP contribution in [0.2, 0.25) is 0 Å². The largest absolute Gasteiger partial charge is 0.389 e. The van der Waals surface area contributed by atoms with E-state index in [-0.39, 0.29) is 6.61 Å². The van der Waals surface area contributed by atoms with Gasteiger partial charge in [-0.1, -0.05) is 0 Å². The van der Waals surface area contributed by atoms with Gasteiger partial charge in [0, 0.05) is 4.88 Å². The Balaban J connectivity index is 2.37. The Morgan fingerprint density at radius 3 is 3.08 bits per heavy atom. The van der Waals surface area contributed by atoms with Crippen molar-refractivity contribution in [1.82, 2.24) is 4.98 Å². The molecule has 12 heavy (non-hydrogen) atoms. The van der Waals surface area contributed by atoms with Crippen LogP contribution in [0.4, 0.5) is 0 Å². The quantitative estimate of drug-likeness (QED) is 0.686. The smallest absolute Gasteiger partial charge is 0.119 e. The summed E-state index contributed by atoms with van der Waals surface area (Å²) < 4.78 is 0. The lowest BCUT2D eigenvalue weighted by Crippen LogP contribution is -2.07. The van der Waals surface area contributed by atoms with Crippen molar-refractivity contribution in [3.8, 4) is 0 Å². The Morgan fingerprint density at radius 2 is 2.42 bits per heavy atom. The lowest BCUT2D eigenvalue weighted by Gasteiger charge is -2.14. The van der Waals surface area contributed by atoms with Crippen molar-refractivity contribution in [2.75, 3.05) is 0 Å². The first-order valence-electron chi connectivity index (χ1n) is 4.08. The van der Waals surface area contributed by atoms with E-state index in [0.717, 1.165) is 34.8 Å². The molecule has 1 heterocycles. The zero-order valence-electron chi connectivity index (χ0n) is 6.66. The third-order valence-electron chi connectivity index (χ3n) is 2.10. The van der Waals surface area contributed by atoms with Gasteiger partial charge in [-0.25, -0.2) is 4.98 Å². The Kier molecular flexibility index (Phi) is 2.12. The van der Waals surface area contributed by atoms with Crippen LogP contribution < -0.4 is 0 Å². The lowest BCUT2D eigenvalue weighted by atomic mass is 10.0. The summed E-state index contributed by atoms with van der Waals surface area (Å²) >= 11 is 1.52. The number of aliphatic hydroxyl groups is 2. The van der Waals surface area contributed by atoms with Crippen LogP contribution in [-0.4, -0.2) is 15.2 Å². The van der Waals surface area contributed by atoms with Gasteiger partial charge in [-0.15, -0.1) is 11.3 Å². The third-order valence-corrected chi connectivity index (χ3v) is 3.22. The average molecular weight is 185 g/mol. The van der Waals surface area contributed by atoms with E-state index >= 15 is 0 Å². The van der Waals surface area contributed by atoms with Crippen LogP contribution in [0, 0.1) is 0 Å². The Hall–Kier alpha value is -0.450. The molecule has 4 heteroatoms. The normalized spacial score (nSPS) is 22.3. The molecule has 1 aromatic heterocycles. The van der Waals surface area contributed by atoms with Gasteiger partial charge in [-0.2, -0.15) is 0 Å². The molecular weight excluding hydrogens is 174 g/mol. The van der Waals surface area contributed by atoms with Crippen molar-refractivity contribution < 1.29 is 10.2 Å². The van der Waals surface area contributed by atoms with E-state index < -0.39 is 6.10 Å². The molecule has 1 aliphatic carbocycles. The molecular formula is C8H11NO2S. The topological polar surface area (TPSA) is 53.4 Å². The van der Waals surface area contributed by atoms with E-state index in [1.807, 2.05) is 0 Å². The Bertz CT molecular complexity index is 285. The van der Waals surface area contributed by atoms with Crippen molar-refractivity contribution in [2.45, 2.75) is 32.0 Å². The Morgan fingerprint density at radius 1 is 1.58 bits per heavy atom. The first-order chi connectivity index (χ1) is 5.81. The van der Waals surface area contributed by atoms with Crippen molar-refractivity contribution in [2.24, 2.45) is 0 Å². The van der Waals surface area contributed by atoms with Crippen molar-refractivity contribution >= 4 is 11.3 Å². The molecule has 0 amide bonds. The fourth-order valence-corrected chi connectivity index (χ4v) is 2.54. The van der Waals surface area contributed by atoms with Crippen molar-refractivity contribution in [3.63, 3.8) is 0 Å². The van der Waals surface area contributed by atoms with Gasteiger partial charge in [0.1, 0.15) is 5.01 Å². The summed E-state index contributed by atoms with van der Waals surface area (Å²) in [6.45, 7) is -0.00954. The molecule has 1 unspecified atom stereocenters. The van der Waals surface area contributed by atoms with Gasteiger partial charge in [0.25, 0.3) is 0 Å². The average Bonchev–Trinajstić information content (AvgIpc) is 2.49. The molecule has 1 aromatic rings. The number of hydrogen-bond acceptors (Lipinski definition) is 4. The third kappa shape index (κ3) is 1.26. The number of aliphatic hydroxyl groups excluding tert-OH is 2. The molecule has 0 radical (unpaired) electrons. The van der Waals surface area contributed by atoms with Gasteiger partial charge in [0.05, 0.1) is 18.4 Å². The van der Waals surface area contributed by atoms with E-state index in [2.05, 4.69) is 4.98 Å². The van der Waals surface area contributed by atoms with E-state index in [0.29, 0.717) is 0 Å². The monoisotopic (exact) mass is 185 g/mol. The van der Waals surface area contributed by atoms with Gasteiger partial charge in [-0.05, 0) is 19.3 Å². The predicted octanol–water partition coefficient (Wildman–Crippen LogP) is 1.01. The maximum Gasteiger partial charge on any atom is 0.119 e. The summed E-state index contributed by atoms with van der Waals surface area (Å²) in [5, 5.41) is 19.1. The summed E-state index contributed by atoms with van der Waals surface area (Å²) in [6, 6.07) is 0. The highest BCUT2D eigenvalue weighted by molar-refractivity contribution is 7.11. The molecule has 2 rings (SSSR count). The van der Waals surface area contributed by atoms with Gasteiger partial charge < -0.3 is 10.2 Å². The number of hydrogen-bond donors (Lipinski definition) is 2. The number of aryl methyl sites for hydroxylation is 1. The zero-order valence-corrected chi connectivity index (χ0v) is 7.47. The van der Waals surface area contributed by atoms with E-state index in [9.17, 15) is 5.11 Å². The fourth-order valence-electron chi connectivity index (χ4n) is 1.51. The van der Waals surface area contributed by atoms with Gasteiger partial charge in [0.2, 0.25) is 0 Å². The highest BCUT2D eigenvalue weighted by Crippen LogP contribution is 2.32. The minimum atomic E-state index is -0.398. The van der Waals surface area contributed by atoms with Crippen LogP contribution in [0.15, 0.2) is 0 Å². The molecule has 0 aliphatic heterocycles. The lowest BCUT2D eigenvalue weighted by molar-refractivity contribution is 0.152. The van der Waals surface area contributed by atoms with Crippen LogP contribution in [-0.2, 0) is 13.0 Å². The molecule has 2 N–H and O–H groups in total. The standard InChI is InChI=1S/C8H11NO2S/c10-4-7-9-8-5(11)2-1-3-6(8)12-7/h5,10-11H,1-4H2. The molecule has 1 aliphatic rings. The second-order valence-electron chi connectivity index (χ2n) is 2.98. The second-order valence-corrected chi connectivity index (χ2v) is 4.15. The molecule has 0 saturated carbocycles.